The summed E-state index contributed by atoms with van der Waals surface area (Å²) in [4.78, 5) is 3.77. The Hall–Kier alpha value is -2.05. The first-order valence-electron chi connectivity index (χ1n) is 4.70. The topological polar surface area (TPSA) is 56.7 Å². The Balaban J connectivity index is 2.59. The van der Waals surface area contributed by atoms with E-state index in [4.69, 9.17) is 5.73 Å². The number of anilines is 1. The average molecular weight is 242 g/mol. The van der Waals surface area contributed by atoms with E-state index in [1.807, 2.05) is 0 Å². The van der Waals surface area contributed by atoms with Gasteiger partial charge in [-0.1, -0.05) is 0 Å². The van der Waals surface area contributed by atoms with Crippen molar-refractivity contribution in [3.63, 3.8) is 0 Å². The van der Waals surface area contributed by atoms with Gasteiger partial charge in [-0.15, -0.1) is 0 Å². The Bertz CT molecular complexity index is 527. The van der Waals surface area contributed by atoms with Crippen LogP contribution >= 0.6 is 0 Å². The number of halogens is 3. The van der Waals surface area contributed by atoms with Crippen LogP contribution in [-0.4, -0.2) is 14.8 Å². The van der Waals surface area contributed by atoms with Crippen LogP contribution in [0.3, 0.4) is 0 Å². The number of nitrogens with zero attached hydrogens (tertiary/aromatic N) is 3. The molecule has 0 aromatic carbocycles. The largest absolute Gasteiger partial charge is 0.420 e. The van der Waals surface area contributed by atoms with Crippen LogP contribution in [0.4, 0.5) is 19.0 Å². The Morgan fingerprint density at radius 1 is 1.24 bits per heavy atom. The van der Waals surface area contributed by atoms with Crippen molar-refractivity contribution in [1.29, 1.82) is 0 Å². The van der Waals surface area contributed by atoms with Gasteiger partial charge in [0.05, 0.1) is 11.9 Å². The normalized spacial score (nSPS) is 11.8. The van der Waals surface area contributed by atoms with Crippen LogP contribution in [0.25, 0.3) is 11.3 Å². The van der Waals surface area contributed by atoms with Crippen LogP contribution in [0.1, 0.15) is 5.56 Å². The van der Waals surface area contributed by atoms with E-state index in [0.717, 1.165) is 10.9 Å². The minimum absolute atomic E-state index is 0.0231. The summed E-state index contributed by atoms with van der Waals surface area (Å²) in [7, 11) is 1.45. The number of hydrogen-bond donors (Lipinski definition) is 1. The van der Waals surface area contributed by atoms with Gasteiger partial charge in [0, 0.05) is 18.8 Å². The van der Waals surface area contributed by atoms with Crippen molar-refractivity contribution in [2.24, 2.45) is 7.05 Å². The van der Waals surface area contributed by atoms with Crippen LogP contribution in [0.15, 0.2) is 24.5 Å². The molecule has 0 bridgehead atoms. The van der Waals surface area contributed by atoms with Gasteiger partial charge >= 0.3 is 6.18 Å². The molecule has 0 amide bonds. The quantitative estimate of drug-likeness (QED) is 0.832. The Morgan fingerprint density at radius 2 is 1.94 bits per heavy atom. The summed E-state index contributed by atoms with van der Waals surface area (Å²) in [5.74, 6) is 0.254. The molecule has 17 heavy (non-hydrogen) atoms. The van der Waals surface area contributed by atoms with Crippen molar-refractivity contribution in [2.75, 3.05) is 5.73 Å². The molecule has 0 fully saturated rings. The number of aryl methyl sites for hydroxylation is 1. The van der Waals surface area contributed by atoms with Gasteiger partial charge in [-0.3, -0.25) is 4.68 Å². The molecule has 0 saturated heterocycles. The van der Waals surface area contributed by atoms with Gasteiger partial charge in [-0.05, 0) is 12.1 Å². The first-order chi connectivity index (χ1) is 7.89. The Kier molecular flexibility index (Phi) is 2.53. The highest BCUT2D eigenvalue weighted by molar-refractivity contribution is 5.64. The number of nitrogens with two attached hydrogens (primary N) is 1. The lowest BCUT2D eigenvalue weighted by molar-refractivity contribution is -0.137. The monoisotopic (exact) mass is 242 g/mol. The zero-order valence-electron chi connectivity index (χ0n) is 8.86. The number of pyridine rings is 1. The molecule has 2 rings (SSSR count). The molecule has 90 valence electrons. The van der Waals surface area contributed by atoms with Crippen molar-refractivity contribution in [3.05, 3.63) is 30.1 Å². The van der Waals surface area contributed by atoms with Crippen molar-refractivity contribution >= 4 is 5.82 Å². The van der Waals surface area contributed by atoms with Crippen LogP contribution in [0, 0.1) is 0 Å². The van der Waals surface area contributed by atoms with Gasteiger partial charge in [-0.2, -0.15) is 18.3 Å². The van der Waals surface area contributed by atoms with Gasteiger partial charge in [0.2, 0.25) is 0 Å². The molecule has 0 aliphatic heterocycles. The van der Waals surface area contributed by atoms with E-state index in [-0.39, 0.29) is 11.5 Å². The third-order valence-electron chi connectivity index (χ3n) is 2.30. The minimum Gasteiger partial charge on any atom is -0.384 e. The Morgan fingerprint density at radius 3 is 2.47 bits per heavy atom. The molecule has 0 spiro atoms. The van der Waals surface area contributed by atoms with Crippen molar-refractivity contribution in [2.45, 2.75) is 6.18 Å². The number of hydrogen-bond acceptors (Lipinski definition) is 3. The van der Waals surface area contributed by atoms with E-state index in [1.165, 1.54) is 25.4 Å². The minimum atomic E-state index is -4.44. The van der Waals surface area contributed by atoms with Crippen molar-refractivity contribution in [1.82, 2.24) is 14.8 Å². The van der Waals surface area contributed by atoms with Crippen LogP contribution in [0.5, 0.6) is 0 Å². The fourth-order valence-corrected chi connectivity index (χ4v) is 1.53. The summed E-state index contributed by atoms with van der Waals surface area (Å²) in [6.07, 6.45) is -2.35. The van der Waals surface area contributed by atoms with E-state index in [2.05, 4.69) is 10.1 Å². The first kappa shape index (κ1) is 11.4. The molecule has 4 nitrogen and oxygen atoms in total. The lowest BCUT2D eigenvalue weighted by atomic mass is 10.1. The first-order valence-corrected chi connectivity index (χ1v) is 4.70. The fourth-order valence-electron chi connectivity index (χ4n) is 1.53. The number of alkyl halides is 3. The molecule has 0 aliphatic rings. The summed E-state index contributed by atoms with van der Waals surface area (Å²) in [5, 5.41) is 3.62. The van der Waals surface area contributed by atoms with E-state index < -0.39 is 11.7 Å². The van der Waals surface area contributed by atoms with Crippen molar-refractivity contribution in [3.8, 4) is 11.3 Å². The summed E-state index contributed by atoms with van der Waals surface area (Å²) >= 11 is 0. The van der Waals surface area contributed by atoms with E-state index in [1.54, 1.807) is 0 Å². The Labute approximate surface area is 94.9 Å². The lowest BCUT2D eigenvalue weighted by Crippen LogP contribution is -2.07. The molecule has 0 saturated carbocycles. The highest BCUT2D eigenvalue weighted by atomic mass is 19.4. The molecule has 0 radical (unpaired) electrons. The van der Waals surface area contributed by atoms with Crippen LogP contribution < -0.4 is 5.73 Å². The highest BCUT2D eigenvalue weighted by Crippen LogP contribution is 2.36. The summed E-state index contributed by atoms with van der Waals surface area (Å²) < 4.78 is 39.3. The van der Waals surface area contributed by atoms with Gasteiger partial charge in [0.15, 0.2) is 0 Å². The number of aromatic nitrogens is 3. The van der Waals surface area contributed by atoms with E-state index >= 15 is 0 Å². The molecule has 2 aromatic rings. The van der Waals surface area contributed by atoms with Crippen molar-refractivity contribution < 1.29 is 13.2 Å². The standard InChI is InChI=1S/C10H9F3N4/c1-17-9(6-2-3-8(14)15-4-6)7(5-16-17)10(11,12)13/h2-5H,1H3,(H2,14,15). The van der Waals surface area contributed by atoms with Crippen LogP contribution in [-0.2, 0) is 13.2 Å². The number of rotatable bonds is 1. The van der Waals surface area contributed by atoms with Crippen LogP contribution in [0.2, 0.25) is 0 Å². The fraction of sp³-hybridized carbons (Fsp3) is 0.200. The molecule has 0 unspecified atom stereocenters. The summed E-state index contributed by atoms with van der Waals surface area (Å²) in [6.45, 7) is 0. The third kappa shape index (κ3) is 2.08. The summed E-state index contributed by atoms with van der Waals surface area (Å²) in [5.41, 5.74) is 4.90. The highest BCUT2D eigenvalue weighted by Gasteiger charge is 2.36. The van der Waals surface area contributed by atoms with Gasteiger partial charge < -0.3 is 5.73 Å². The zero-order chi connectivity index (χ0) is 12.6. The van der Waals surface area contributed by atoms with E-state index in [9.17, 15) is 13.2 Å². The molecule has 2 aromatic heterocycles. The average Bonchev–Trinajstić information content (AvgIpc) is 2.61. The smallest absolute Gasteiger partial charge is 0.384 e. The molecular weight excluding hydrogens is 233 g/mol. The van der Waals surface area contributed by atoms with Gasteiger partial charge in [0.1, 0.15) is 11.4 Å². The maximum Gasteiger partial charge on any atom is 0.420 e. The number of nitrogen functional groups attached to an aromatic ring is 1. The second-order valence-electron chi connectivity index (χ2n) is 3.50. The second kappa shape index (κ2) is 3.76. The maximum atomic E-state index is 12.7. The molecule has 0 aliphatic carbocycles. The zero-order valence-corrected chi connectivity index (χ0v) is 8.86. The predicted molar refractivity (Wildman–Crippen MR) is 55.9 cm³/mol. The molecule has 7 heteroatoms. The van der Waals surface area contributed by atoms with Gasteiger partial charge in [0.25, 0.3) is 0 Å². The molecular formula is C10H9F3N4. The second-order valence-corrected chi connectivity index (χ2v) is 3.50. The third-order valence-corrected chi connectivity index (χ3v) is 2.30. The summed E-state index contributed by atoms with van der Waals surface area (Å²) in [6, 6.07) is 2.93. The predicted octanol–water partition coefficient (Wildman–Crippen LogP) is 2.08. The lowest BCUT2D eigenvalue weighted by Gasteiger charge is -2.09. The molecule has 2 heterocycles. The SMILES string of the molecule is Cn1ncc(C(F)(F)F)c1-c1ccc(N)nc1. The molecule has 2 N–H and O–H groups in total. The molecule has 0 atom stereocenters. The maximum absolute atomic E-state index is 12.7. The van der Waals surface area contributed by atoms with Gasteiger partial charge in [-0.25, -0.2) is 4.98 Å². The van der Waals surface area contributed by atoms with E-state index in [0.29, 0.717) is 5.56 Å².